The molecule has 0 spiro atoms. The van der Waals surface area contributed by atoms with Gasteiger partial charge in [0.05, 0.1) is 0 Å². The van der Waals surface area contributed by atoms with Crippen molar-refractivity contribution in [2.75, 3.05) is 13.1 Å². The normalized spacial score (nSPS) is 21.4. The molecule has 4 heteroatoms. The molecule has 0 aromatic carbocycles. The molecule has 2 rings (SSSR count). The van der Waals surface area contributed by atoms with E-state index in [-0.39, 0.29) is 0 Å². The summed E-state index contributed by atoms with van der Waals surface area (Å²) < 4.78 is 2.14. The predicted octanol–water partition coefficient (Wildman–Crippen LogP) is 0.849. The van der Waals surface area contributed by atoms with Crippen molar-refractivity contribution in [3.05, 3.63) is 24.3 Å². The number of hydrogen-bond acceptors (Lipinski definition) is 3. The Labute approximate surface area is 84.0 Å². The lowest BCUT2D eigenvalue weighted by Gasteiger charge is -2.09. The Bertz CT molecular complexity index is 323. The second kappa shape index (κ2) is 3.92. The summed E-state index contributed by atoms with van der Waals surface area (Å²) in [6, 6.07) is 0. The van der Waals surface area contributed by atoms with Crippen molar-refractivity contribution in [2.24, 2.45) is 0 Å². The zero-order valence-electron chi connectivity index (χ0n) is 8.53. The van der Waals surface area contributed by atoms with Crippen LogP contribution < -0.4 is 5.32 Å². The van der Waals surface area contributed by atoms with Crippen molar-refractivity contribution in [3.8, 4) is 0 Å². The second-order valence-electron chi connectivity index (χ2n) is 3.69. The zero-order valence-corrected chi connectivity index (χ0v) is 8.53. The van der Waals surface area contributed by atoms with Gasteiger partial charge in [-0.2, -0.15) is 0 Å². The van der Waals surface area contributed by atoms with Crippen molar-refractivity contribution in [3.63, 3.8) is 0 Å². The van der Waals surface area contributed by atoms with Crippen LogP contribution in [0.2, 0.25) is 0 Å². The Morgan fingerprint density at radius 3 is 3.14 bits per heavy atom. The third kappa shape index (κ3) is 1.57. The molecule has 0 saturated carbocycles. The predicted molar refractivity (Wildman–Crippen MR) is 55.2 cm³/mol. The van der Waals surface area contributed by atoms with Gasteiger partial charge in [0.2, 0.25) is 0 Å². The SMILES string of the molecule is C=CCn1c(C)nnc1C1CCNC1. The summed E-state index contributed by atoms with van der Waals surface area (Å²) in [5, 5.41) is 11.7. The van der Waals surface area contributed by atoms with Gasteiger partial charge in [-0.15, -0.1) is 16.8 Å². The summed E-state index contributed by atoms with van der Waals surface area (Å²) in [6.45, 7) is 8.66. The molecular weight excluding hydrogens is 176 g/mol. The van der Waals surface area contributed by atoms with Gasteiger partial charge in [0, 0.05) is 19.0 Å². The fourth-order valence-corrected chi connectivity index (χ4v) is 1.93. The van der Waals surface area contributed by atoms with Gasteiger partial charge in [-0.05, 0) is 19.9 Å². The van der Waals surface area contributed by atoms with E-state index in [9.17, 15) is 0 Å². The van der Waals surface area contributed by atoms with Gasteiger partial charge < -0.3 is 9.88 Å². The van der Waals surface area contributed by atoms with Gasteiger partial charge in [-0.3, -0.25) is 0 Å². The highest BCUT2D eigenvalue weighted by Gasteiger charge is 2.22. The highest BCUT2D eigenvalue weighted by atomic mass is 15.3. The van der Waals surface area contributed by atoms with Crippen LogP contribution in [-0.4, -0.2) is 27.9 Å². The quantitative estimate of drug-likeness (QED) is 0.722. The summed E-state index contributed by atoms with van der Waals surface area (Å²) in [6.07, 6.45) is 3.05. The van der Waals surface area contributed by atoms with Gasteiger partial charge in [0.15, 0.2) is 0 Å². The van der Waals surface area contributed by atoms with Crippen LogP contribution in [-0.2, 0) is 6.54 Å². The molecule has 1 aromatic heterocycles. The maximum absolute atomic E-state index is 4.24. The van der Waals surface area contributed by atoms with Crippen molar-refractivity contribution in [1.82, 2.24) is 20.1 Å². The molecular formula is C10H16N4. The number of nitrogens with one attached hydrogen (secondary N) is 1. The van der Waals surface area contributed by atoms with Crippen LogP contribution in [0.25, 0.3) is 0 Å². The molecule has 4 nitrogen and oxygen atoms in total. The highest BCUT2D eigenvalue weighted by molar-refractivity contribution is 5.05. The van der Waals surface area contributed by atoms with Crippen molar-refractivity contribution >= 4 is 0 Å². The molecule has 1 aromatic rings. The lowest BCUT2D eigenvalue weighted by molar-refractivity contribution is 0.630. The smallest absolute Gasteiger partial charge is 0.137 e. The molecule has 0 amide bonds. The Balaban J connectivity index is 2.26. The molecule has 14 heavy (non-hydrogen) atoms. The van der Waals surface area contributed by atoms with Crippen LogP contribution in [0.4, 0.5) is 0 Å². The summed E-state index contributed by atoms with van der Waals surface area (Å²) in [5.41, 5.74) is 0. The first-order valence-corrected chi connectivity index (χ1v) is 5.04. The lowest BCUT2D eigenvalue weighted by atomic mass is 10.1. The number of hydrogen-bond donors (Lipinski definition) is 1. The Morgan fingerprint density at radius 2 is 2.50 bits per heavy atom. The van der Waals surface area contributed by atoms with Gasteiger partial charge in [0.1, 0.15) is 11.6 Å². The first-order valence-electron chi connectivity index (χ1n) is 5.04. The van der Waals surface area contributed by atoms with E-state index in [1.165, 1.54) is 0 Å². The first kappa shape index (κ1) is 9.40. The van der Waals surface area contributed by atoms with Crippen molar-refractivity contribution in [2.45, 2.75) is 25.8 Å². The van der Waals surface area contributed by atoms with Crippen LogP contribution in [0.1, 0.15) is 24.0 Å². The summed E-state index contributed by atoms with van der Waals surface area (Å²) in [5.74, 6) is 2.61. The minimum Gasteiger partial charge on any atom is -0.316 e. The minimum absolute atomic E-state index is 0.524. The highest BCUT2D eigenvalue weighted by Crippen LogP contribution is 2.20. The molecule has 1 aliphatic rings. The molecule has 0 bridgehead atoms. The average molecular weight is 192 g/mol. The lowest BCUT2D eigenvalue weighted by Crippen LogP contribution is -2.13. The number of aromatic nitrogens is 3. The molecule has 0 radical (unpaired) electrons. The van der Waals surface area contributed by atoms with Crippen LogP contribution in [0, 0.1) is 6.92 Å². The van der Waals surface area contributed by atoms with Crippen LogP contribution in [0.15, 0.2) is 12.7 Å². The van der Waals surface area contributed by atoms with E-state index in [1.807, 2.05) is 13.0 Å². The number of nitrogens with zero attached hydrogens (tertiary/aromatic N) is 3. The minimum atomic E-state index is 0.524. The third-order valence-electron chi connectivity index (χ3n) is 2.70. The summed E-state index contributed by atoms with van der Waals surface area (Å²) >= 11 is 0. The summed E-state index contributed by atoms with van der Waals surface area (Å²) in [4.78, 5) is 0. The number of aryl methyl sites for hydroxylation is 1. The van der Waals surface area contributed by atoms with Gasteiger partial charge >= 0.3 is 0 Å². The van der Waals surface area contributed by atoms with E-state index in [1.54, 1.807) is 0 Å². The van der Waals surface area contributed by atoms with E-state index in [0.717, 1.165) is 37.7 Å². The van der Waals surface area contributed by atoms with Crippen LogP contribution in [0.5, 0.6) is 0 Å². The van der Waals surface area contributed by atoms with Crippen LogP contribution in [0.3, 0.4) is 0 Å². The molecule has 1 unspecified atom stereocenters. The van der Waals surface area contributed by atoms with Gasteiger partial charge in [-0.25, -0.2) is 0 Å². The molecule has 76 valence electrons. The Morgan fingerprint density at radius 1 is 1.64 bits per heavy atom. The van der Waals surface area contributed by atoms with Crippen LogP contribution >= 0.6 is 0 Å². The van der Waals surface area contributed by atoms with E-state index < -0.39 is 0 Å². The molecule has 0 aliphatic carbocycles. The van der Waals surface area contributed by atoms with E-state index >= 15 is 0 Å². The standard InChI is InChI=1S/C10H16N4/c1-3-6-14-8(2)12-13-10(14)9-4-5-11-7-9/h3,9,11H,1,4-7H2,2H3. The van der Waals surface area contributed by atoms with Gasteiger partial charge in [-0.1, -0.05) is 6.08 Å². The topological polar surface area (TPSA) is 42.7 Å². The third-order valence-corrected chi connectivity index (χ3v) is 2.70. The first-order chi connectivity index (χ1) is 6.83. The molecule has 1 saturated heterocycles. The second-order valence-corrected chi connectivity index (χ2v) is 3.69. The Hall–Kier alpha value is -1.16. The van der Waals surface area contributed by atoms with E-state index in [2.05, 4.69) is 26.7 Å². The Kier molecular flexibility index (Phi) is 2.63. The maximum Gasteiger partial charge on any atom is 0.137 e. The zero-order chi connectivity index (χ0) is 9.97. The molecule has 1 N–H and O–H groups in total. The molecule has 2 heterocycles. The fraction of sp³-hybridized carbons (Fsp3) is 0.600. The van der Waals surface area contributed by atoms with Gasteiger partial charge in [0.25, 0.3) is 0 Å². The van der Waals surface area contributed by atoms with Crippen molar-refractivity contribution in [1.29, 1.82) is 0 Å². The summed E-state index contributed by atoms with van der Waals surface area (Å²) in [7, 11) is 0. The number of rotatable bonds is 3. The molecule has 1 aliphatic heterocycles. The molecule has 1 atom stereocenters. The van der Waals surface area contributed by atoms with E-state index in [0.29, 0.717) is 5.92 Å². The van der Waals surface area contributed by atoms with E-state index in [4.69, 9.17) is 0 Å². The number of allylic oxidation sites excluding steroid dienone is 1. The van der Waals surface area contributed by atoms with Crippen molar-refractivity contribution < 1.29 is 0 Å². The molecule has 1 fully saturated rings. The fourth-order valence-electron chi connectivity index (χ4n) is 1.93. The largest absolute Gasteiger partial charge is 0.316 e. The average Bonchev–Trinajstić information content (AvgIpc) is 2.77. The monoisotopic (exact) mass is 192 g/mol. The maximum atomic E-state index is 4.24.